The highest BCUT2D eigenvalue weighted by molar-refractivity contribution is 5.84. The number of aliphatic hydroxyl groups excluding tert-OH is 9. The summed E-state index contributed by atoms with van der Waals surface area (Å²) in [6.45, 7) is 3.22. The molecular formula is C56H109NO14. The van der Waals surface area contributed by atoms with Crippen LogP contribution in [-0.2, 0) is 23.7 Å². The molecule has 2 rings (SSSR count). The maximum Gasteiger partial charge on any atom is 0.187 e. The zero-order chi connectivity index (χ0) is 52.1. The van der Waals surface area contributed by atoms with Crippen molar-refractivity contribution in [2.45, 2.75) is 337 Å². The Balaban J connectivity index is 1.82. The first-order valence-electron chi connectivity index (χ1n) is 29.3. The molecule has 2 aliphatic rings. The summed E-state index contributed by atoms with van der Waals surface area (Å²) in [5.41, 5.74) is 6.53. The van der Waals surface area contributed by atoms with Gasteiger partial charge in [-0.25, -0.2) is 0 Å². The second-order valence-corrected chi connectivity index (χ2v) is 21.4. The van der Waals surface area contributed by atoms with Crippen LogP contribution < -0.4 is 5.73 Å². The number of carbonyl (C=O) groups excluding carboxylic acids is 1. The minimum Gasteiger partial charge on any atom is -0.394 e. The molecule has 0 aromatic carbocycles. The molecule has 14 atom stereocenters. The van der Waals surface area contributed by atoms with Gasteiger partial charge in [0, 0.05) is 6.42 Å². The van der Waals surface area contributed by atoms with Crippen molar-refractivity contribution in [2.75, 3.05) is 13.2 Å². The van der Waals surface area contributed by atoms with Crippen LogP contribution in [-0.4, -0.2) is 151 Å². The van der Waals surface area contributed by atoms with Gasteiger partial charge in [-0.15, -0.1) is 0 Å². The molecule has 15 nitrogen and oxygen atoms in total. The molecule has 1 unspecified atom stereocenters. The van der Waals surface area contributed by atoms with E-state index in [1.165, 1.54) is 167 Å². The molecule has 0 amide bonds. The first-order chi connectivity index (χ1) is 34.4. The lowest BCUT2D eigenvalue weighted by Crippen LogP contribution is -2.63. The Labute approximate surface area is 430 Å². The third-order valence-electron chi connectivity index (χ3n) is 15.1. The van der Waals surface area contributed by atoms with Crippen LogP contribution in [0.3, 0.4) is 0 Å². The molecule has 0 aromatic heterocycles. The third kappa shape index (κ3) is 28.2. The first kappa shape index (κ1) is 66.2. The maximum atomic E-state index is 13.9. The van der Waals surface area contributed by atoms with Crippen molar-refractivity contribution in [1.29, 1.82) is 0 Å². The van der Waals surface area contributed by atoms with E-state index < -0.39 is 105 Å². The zero-order valence-corrected chi connectivity index (χ0v) is 44.8. The van der Waals surface area contributed by atoms with Crippen LogP contribution >= 0.6 is 0 Å². The molecule has 0 aromatic rings. The molecule has 0 bridgehead atoms. The molecule has 15 heteroatoms. The van der Waals surface area contributed by atoms with Gasteiger partial charge in [0.05, 0.1) is 31.5 Å². The fourth-order valence-electron chi connectivity index (χ4n) is 10.1. The molecule has 71 heavy (non-hydrogen) atoms. The van der Waals surface area contributed by atoms with Crippen molar-refractivity contribution < 1.29 is 69.7 Å². The van der Waals surface area contributed by atoms with Crippen molar-refractivity contribution in [1.82, 2.24) is 0 Å². The number of ether oxygens (including phenoxy) is 4. The second-order valence-electron chi connectivity index (χ2n) is 21.4. The van der Waals surface area contributed by atoms with Crippen LogP contribution in [0.1, 0.15) is 251 Å². The molecular weight excluding hydrogens is 911 g/mol. The van der Waals surface area contributed by atoms with Gasteiger partial charge in [0.1, 0.15) is 54.9 Å². The highest BCUT2D eigenvalue weighted by atomic mass is 16.7. The molecule has 11 N–H and O–H groups in total. The van der Waals surface area contributed by atoms with Crippen molar-refractivity contribution in [2.24, 2.45) is 5.73 Å². The van der Waals surface area contributed by atoms with Crippen molar-refractivity contribution in [3.63, 3.8) is 0 Å². The average molecular weight is 1020 g/mol. The van der Waals surface area contributed by atoms with Crippen LogP contribution in [0.4, 0.5) is 0 Å². The molecule has 0 spiro atoms. The minimum atomic E-state index is -1.86. The van der Waals surface area contributed by atoms with E-state index in [4.69, 9.17) is 24.7 Å². The van der Waals surface area contributed by atoms with E-state index in [1.807, 2.05) is 0 Å². The number of ketones is 1. The van der Waals surface area contributed by atoms with Crippen LogP contribution in [0.15, 0.2) is 0 Å². The smallest absolute Gasteiger partial charge is 0.187 e. The summed E-state index contributed by atoms with van der Waals surface area (Å²) in [6, 6.07) is -1.43. The number of nitrogens with two attached hydrogens (primary N) is 1. The lowest BCUT2D eigenvalue weighted by molar-refractivity contribution is -0.335. The zero-order valence-electron chi connectivity index (χ0n) is 44.8. The second kappa shape index (κ2) is 42.2. The first-order valence-corrected chi connectivity index (χ1v) is 29.3. The Hall–Kier alpha value is -0.890. The van der Waals surface area contributed by atoms with E-state index in [-0.39, 0.29) is 12.8 Å². The van der Waals surface area contributed by atoms with Crippen LogP contribution in [0.2, 0.25) is 0 Å². The van der Waals surface area contributed by atoms with Crippen LogP contribution in [0, 0.1) is 0 Å². The van der Waals surface area contributed by atoms with Crippen LogP contribution in [0.25, 0.3) is 0 Å². The van der Waals surface area contributed by atoms with Crippen molar-refractivity contribution in [3.05, 3.63) is 0 Å². The number of rotatable bonds is 47. The number of hydrogen-bond acceptors (Lipinski definition) is 15. The number of Topliss-reactive ketones (excluding diaryl/α,β-unsaturated/α-hetero) is 1. The predicted molar refractivity (Wildman–Crippen MR) is 278 cm³/mol. The quantitative estimate of drug-likeness (QED) is 0.0258. The van der Waals surface area contributed by atoms with Gasteiger partial charge >= 0.3 is 0 Å². The van der Waals surface area contributed by atoms with Crippen molar-refractivity contribution >= 4 is 5.78 Å². The molecule has 2 fully saturated rings. The lowest BCUT2D eigenvalue weighted by Gasteiger charge is -2.43. The van der Waals surface area contributed by atoms with E-state index in [0.29, 0.717) is 12.8 Å². The Morgan fingerprint density at radius 3 is 1.20 bits per heavy atom. The number of carbonyl (C=O) groups is 1. The van der Waals surface area contributed by atoms with Gasteiger partial charge in [0.25, 0.3) is 0 Å². The van der Waals surface area contributed by atoms with Gasteiger partial charge in [0.15, 0.2) is 18.4 Å². The minimum absolute atomic E-state index is 0.0523. The summed E-state index contributed by atoms with van der Waals surface area (Å²) in [5, 5.41) is 95.3. The SMILES string of the molecule is CCCCCCCCCCCCCCCCCCCCCCCCCC(=O)C(O[C@H]1O[C@H](CO[C@H]2O[C@H](CO)[C@H](O)[C@H](O)[C@H]2O)[C@@H](O)[C@H](O)[C@H]1O)[C@@H](N)[C@H](O)[C@H](O)CCCCCCCCCCCCCC. The van der Waals surface area contributed by atoms with Crippen molar-refractivity contribution in [3.8, 4) is 0 Å². The van der Waals surface area contributed by atoms with E-state index in [0.717, 1.165) is 44.9 Å². The van der Waals surface area contributed by atoms with Gasteiger partial charge < -0.3 is 70.6 Å². The van der Waals surface area contributed by atoms with Crippen LogP contribution in [0.5, 0.6) is 0 Å². The molecule has 0 aliphatic carbocycles. The fraction of sp³-hybridized carbons (Fsp3) is 0.982. The molecule has 0 radical (unpaired) electrons. The summed E-state index contributed by atoms with van der Waals surface area (Å²) in [4.78, 5) is 13.9. The lowest BCUT2D eigenvalue weighted by atomic mass is 9.92. The summed E-state index contributed by atoms with van der Waals surface area (Å²) < 4.78 is 22.8. The highest BCUT2D eigenvalue weighted by Gasteiger charge is 2.49. The summed E-state index contributed by atoms with van der Waals surface area (Å²) >= 11 is 0. The Morgan fingerprint density at radius 1 is 0.465 bits per heavy atom. The maximum absolute atomic E-state index is 13.9. The standard InChI is InChI=1S/C56H109NO14/c1-3-5-7-9-11-13-15-17-18-19-20-21-22-23-24-25-26-27-29-31-33-35-37-39-43(60)54(46(57)47(61)42(59)38-36-34-32-30-28-16-14-12-10-8-6-4-2)71-56-53(67)51(65)49(63)45(70-56)41-68-55-52(66)50(64)48(62)44(40-58)69-55/h42,44-56,58-59,61-67H,3-41,57H2,1-2H3/t42-,44-,45-,46+,47-,48+,49-,50+,51+,52-,53-,54?,55+,56-/m1/s1. The summed E-state index contributed by atoms with van der Waals surface area (Å²) in [7, 11) is 0. The van der Waals surface area contributed by atoms with E-state index in [1.54, 1.807) is 0 Å². The van der Waals surface area contributed by atoms with E-state index >= 15 is 0 Å². The van der Waals surface area contributed by atoms with E-state index in [2.05, 4.69) is 13.8 Å². The Kier molecular flexibility index (Phi) is 39.4. The number of aliphatic hydroxyl groups is 9. The number of hydrogen-bond donors (Lipinski definition) is 10. The topological polar surface area (TPSA) is 262 Å². The third-order valence-corrected chi connectivity index (χ3v) is 15.1. The largest absolute Gasteiger partial charge is 0.394 e. The molecule has 0 saturated carbocycles. The van der Waals surface area contributed by atoms with Gasteiger partial charge in [0.2, 0.25) is 0 Å². The summed E-state index contributed by atoms with van der Waals surface area (Å²) in [5.74, 6) is -0.469. The molecule has 2 heterocycles. The Morgan fingerprint density at radius 2 is 0.803 bits per heavy atom. The monoisotopic (exact) mass is 1020 g/mol. The van der Waals surface area contributed by atoms with Gasteiger partial charge in [-0.1, -0.05) is 232 Å². The predicted octanol–water partition coefficient (Wildman–Crippen LogP) is 8.09. The Bertz CT molecular complexity index is 1240. The van der Waals surface area contributed by atoms with Gasteiger partial charge in [-0.3, -0.25) is 4.79 Å². The van der Waals surface area contributed by atoms with Gasteiger partial charge in [-0.05, 0) is 12.8 Å². The highest BCUT2D eigenvalue weighted by Crippen LogP contribution is 2.28. The van der Waals surface area contributed by atoms with Gasteiger partial charge in [-0.2, -0.15) is 0 Å². The average Bonchev–Trinajstić information content (AvgIpc) is 3.37. The van der Waals surface area contributed by atoms with E-state index in [9.17, 15) is 50.8 Å². The number of unbranched alkanes of at least 4 members (excludes halogenated alkanes) is 33. The summed E-state index contributed by atoms with van der Waals surface area (Å²) in [6.07, 6.45) is 22.0. The molecule has 422 valence electrons. The molecule has 2 saturated heterocycles. The molecule has 2 aliphatic heterocycles. The normalized spacial score (nSPS) is 26.6. The fourth-order valence-corrected chi connectivity index (χ4v) is 10.1.